The molecule has 4 N–H and O–H groups in total. The topological polar surface area (TPSA) is 149 Å². The Balaban J connectivity index is 0. The fourth-order valence-electron chi connectivity index (χ4n) is 0.755. The summed E-state index contributed by atoms with van der Waals surface area (Å²) >= 11 is 0. The van der Waals surface area contributed by atoms with Gasteiger partial charge in [0.1, 0.15) is 0 Å². The number of aromatic carboxylic acids is 2. The molecule has 0 amide bonds. The van der Waals surface area contributed by atoms with Crippen LogP contribution in [0.3, 0.4) is 0 Å². The number of carboxylic acid groups (broad SMARTS) is 2. The molecule has 0 saturated carbocycles. The summed E-state index contributed by atoms with van der Waals surface area (Å²) in [5.74, 6) is -2.13. The Hall–Kier alpha value is -0.970. The van der Waals surface area contributed by atoms with Crippen LogP contribution in [0.4, 0.5) is 0 Å². The summed E-state index contributed by atoms with van der Waals surface area (Å²) in [5, 5.41) is 16.9. The Morgan fingerprint density at radius 3 is 1.11 bits per heavy atom. The summed E-state index contributed by atoms with van der Waals surface area (Å²) in [7, 11) is -4.67. The third-order valence-corrected chi connectivity index (χ3v) is 1.38. The van der Waals surface area contributed by atoms with Gasteiger partial charge in [-0.25, -0.2) is 9.59 Å². The molecule has 8 nitrogen and oxygen atoms in total. The molecule has 0 saturated heterocycles. The van der Waals surface area contributed by atoms with Crippen molar-refractivity contribution in [1.82, 2.24) is 0 Å². The van der Waals surface area contributed by atoms with Crippen LogP contribution in [0.2, 0.25) is 0 Å². The molecule has 96 valence electrons. The second-order valence-electron chi connectivity index (χ2n) is 2.64. The number of rotatable bonds is 2. The van der Waals surface area contributed by atoms with E-state index in [1.807, 2.05) is 0 Å². The third kappa shape index (κ3) is 10.2. The number of carboxylic acids is 2. The van der Waals surface area contributed by atoms with Gasteiger partial charge >= 0.3 is 51.9 Å². The zero-order valence-corrected chi connectivity index (χ0v) is 8.96. The molecule has 0 spiro atoms. The van der Waals surface area contributed by atoms with Crippen molar-refractivity contribution in [2.75, 3.05) is 0 Å². The fourth-order valence-corrected chi connectivity index (χ4v) is 0.755. The fraction of sp³-hybridized carbons (Fsp3) is 0. The molecule has 0 unspecified atom stereocenters. The number of hydrogen-bond donors (Lipinski definition) is 4. The minimum atomic E-state index is -4.67. The van der Waals surface area contributed by atoms with Gasteiger partial charge in [-0.2, -0.15) is 8.42 Å². The van der Waals surface area contributed by atoms with Crippen molar-refractivity contribution in [3.8, 4) is 0 Å². The quantitative estimate of drug-likeness (QED) is 0.431. The van der Waals surface area contributed by atoms with Crippen molar-refractivity contribution in [2.45, 2.75) is 0 Å². The van der Waals surface area contributed by atoms with E-state index in [2.05, 4.69) is 0 Å². The Morgan fingerprint density at radius 1 is 0.833 bits per heavy atom. The van der Waals surface area contributed by atoms with Gasteiger partial charge in [-0.05, 0) is 24.3 Å². The maximum absolute atomic E-state index is 10.3. The van der Waals surface area contributed by atoms with Gasteiger partial charge in [0.05, 0.1) is 11.1 Å². The first kappa shape index (κ1) is 19.4. The van der Waals surface area contributed by atoms with Crippen LogP contribution in [0.15, 0.2) is 24.3 Å². The van der Waals surface area contributed by atoms with Crippen molar-refractivity contribution in [2.24, 2.45) is 0 Å². The van der Waals surface area contributed by atoms with Crippen LogP contribution in [-0.2, 0) is 10.4 Å². The molecule has 0 heterocycles. The van der Waals surface area contributed by atoms with Crippen LogP contribution in [0.25, 0.3) is 0 Å². The Morgan fingerprint density at radius 2 is 1.00 bits per heavy atom. The summed E-state index contributed by atoms with van der Waals surface area (Å²) in [5.41, 5.74) is 0.167. The second-order valence-corrected chi connectivity index (χ2v) is 3.53. The molecule has 0 fully saturated rings. The molecule has 0 aliphatic heterocycles. The first-order chi connectivity index (χ1) is 7.61. The number of benzene rings is 1. The van der Waals surface area contributed by atoms with E-state index in [1.165, 1.54) is 24.3 Å². The summed E-state index contributed by atoms with van der Waals surface area (Å²) in [4.78, 5) is 20.7. The Bertz CT molecular complexity index is 465. The first-order valence-corrected chi connectivity index (χ1v) is 5.27. The molecule has 0 bridgehead atoms. The van der Waals surface area contributed by atoms with Gasteiger partial charge in [0.2, 0.25) is 0 Å². The maximum atomic E-state index is 10.3. The van der Waals surface area contributed by atoms with Gasteiger partial charge in [0, 0.05) is 0 Å². The minimum absolute atomic E-state index is 0. The predicted molar refractivity (Wildman–Crippen MR) is 61.7 cm³/mol. The summed E-state index contributed by atoms with van der Waals surface area (Å²) in [6.07, 6.45) is 0. The van der Waals surface area contributed by atoms with E-state index in [-0.39, 0.29) is 40.7 Å². The molecule has 0 aromatic heterocycles. The summed E-state index contributed by atoms with van der Waals surface area (Å²) in [6.45, 7) is 0. The van der Waals surface area contributed by atoms with Crippen molar-refractivity contribution in [3.63, 3.8) is 0 Å². The zero-order valence-electron chi connectivity index (χ0n) is 8.14. The van der Waals surface area contributed by atoms with Crippen molar-refractivity contribution >= 4 is 51.9 Å². The molecular weight excluding hydrogens is 279 g/mol. The number of hydrogen-bond acceptors (Lipinski definition) is 4. The molecule has 1 aromatic carbocycles. The van der Waals surface area contributed by atoms with E-state index in [4.69, 9.17) is 27.7 Å². The zero-order chi connectivity index (χ0) is 13.6. The average Bonchev–Trinajstić information content (AvgIpc) is 2.15. The van der Waals surface area contributed by atoms with Gasteiger partial charge in [0.25, 0.3) is 0 Å². The summed E-state index contributed by atoms with van der Waals surface area (Å²) < 4.78 is 31.6. The standard InChI is InChI=1S/C8H6O4.Na.H2O4S.H/c9-7(10)5-1-2-6(4-3-5)8(11)12;;1-5(2,3)4;/h1-4H,(H,9,10)(H,11,12);;(H2,1,2,3,4);. The average molecular weight is 288 g/mol. The van der Waals surface area contributed by atoms with Crippen LogP contribution in [0, 0.1) is 0 Å². The van der Waals surface area contributed by atoms with E-state index >= 15 is 0 Å². The molecule has 0 aliphatic rings. The molecule has 0 radical (unpaired) electrons. The van der Waals surface area contributed by atoms with Crippen LogP contribution in [0.5, 0.6) is 0 Å². The number of carbonyl (C=O) groups is 2. The summed E-state index contributed by atoms with van der Waals surface area (Å²) in [6, 6.07) is 5.02. The third-order valence-electron chi connectivity index (χ3n) is 1.38. The molecule has 0 aliphatic carbocycles. The Labute approximate surface area is 124 Å². The van der Waals surface area contributed by atoms with E-state index < -0.39 is 22.3 Å². The van der Waals surface area contributed by atoms with E-state index in [9.17, 15) is 9.59 Å². The van der Waals surface area contributed by atoms with Gasteiger partial charge in [-0.3, -0.25) is 9.11 Å². The van der Waals surface area contributed by atoms with Crippen LogP contribution < -0.4 is 0 Å². The molecule has 1 aromatic rings. The first-order valence-electron chi connectivity index (χ1n) is 3.88. The molecule has 10 heteroatoms. The SMILES string of the molecule is O=C(O)c1ccc(C(=O)O)cc1.O=S(=O)(O)O.[NaH]. The molecular formula is C8H9NaO8S. The van der Waals surface area contributed by atoms with Crippen LogP contribution >= 0.6 is 0 Å². The van der Waals surface area contributed by atoms with Gasteiger partial charge in [-0.1, -0.05) is 0 Å². The van der Waals surface area contributed by atoms with Gasteiger partial charge in [-0.15, -0.1) is 0 Å². The molecule has 18 heavy (non-hydrogen) atoms. The van der Waals surface area contributed by atoms with Gasteiger partial charge in [0.15, 0.2) is 0 Å². The van der Waals surface area contributed by atoms with E-state index in [0.29, 0.717) is 0 Å². The monoisotopic (exact) mass is 288 g/mol. The van der Waals surface area contributed by atoms with Crippen molar-refractivity contribution < 1.29 is 37.3 Å². The van der Waals surface area contributed by atoms with Crippen LogP contribution in [0.1, 0.15) is 20.7 Å². The van der Waals surface area contributed by atoms with E-state index in [0.717, 1.165) is 0 Å². The van der Waals surface area contributed by atoms with E-state index in [1.54, 1.807) is 0 Å². The van der Waals surface area contributed by atoms with Gasteiger partial charge < -0.3 is 10.2 Å². The normalized spacial score (nSPS) is 9.44. The second kappa shape index (κ2) is 8.19. The predicted octanol–water partition coefficient (Wildman–Crippen LogP) is -0.218. The van der Waals surface area contributed by atoms with Crippen LogP contribution in [-0.4, -0.2) is 69.2 Å². The molecule has 0 atom stereocenters. The Kier molecular flexibility index (Phi) is 8.81. The molecule has 1 rings (SSSR count). The van der Waals surface area contributed by atoms with Crippen molar-refractivity contribution in [3.05, 3.63) is 35.4 Å². The van der Waals surface area contributed by atoms with Crippen molar-refractivity contribution in [1.29, 1.82) is 0 Å².